The van der Waals surface area contributed by atoms with Gasteiger partial charge in [0.1, 0.15) is 24.2 Å². The molecule has 0 aromatic heterocycles. The molecule has 0 aliphatic heterocycles. The van der Waals surface area contributed by atoms with Crippen LogP contribution in [0.5, 0.6) is 5.75 Å². The fourth-order valence-electron chi connectivity index (χ4n) is 3.18. The average molecular weight is 480 g/mol. The summed E-state index contributed by atoms with van der Waals surface area (Å²) in [5.41, 5.74) is 0.898. The van der Waals surface area contributed by atoms with Crippen molar-refractivity contribution in [2.24, 2.45) is 0 Å². The zero-order valence-corrected chi connectivity index (χ0v) is 20.1. The number of ether oxygens (including phenoxy) is 1. The lowest BCUT2D eigenvalue weighted by atomic mass is 10.1. The number of hydrogen-bond acceptors (Lipinski definition) is 5. The molecule has 1 N–H and O–H groups in total. The number of nitrogens with zero attached hydrogens (tertiary/aromatic N) is 2. The van der Waals surface area contributed by atoms with Gasteiger partial charge in [-0.2, -0.15) is 0 Å². The van der Waals surface area contributed by atoms with Gasteiger partial charge in [-0.1, -0.05) is 12.1 Å². The Morgan fingerprint density at radius 1 is 1.06 bits per heavy atom. The Bertz CT molecular complexity index is 1040. The van der Waals surface area contributed by atoms with Gasteiger partial charge in [0.05, 0.1) is 18.6 Å². The standard InChI is InChI=1S/C23H30FN3O5S/c1-5-25-23(29)17(3)26(15-18-7-9-19(24)10-8-18)22(28)16-27(33(4,30)31)20-11-13-21(14-12-20)32-6-2/h7-14,17H,5-6,15-16H2,1-4H3,(H,25,29). The largest absolute Gasteiger partial charge is 0.494 e. The number of amides is 2. The minimum absolute atomic E-state index is 0.0122. The van der Waals surface area contributed by atoms with E-state index in [1.54, 1.807) is 38.1 Å². The number of hydrogen-bond donors (Lipinski definition) is 1. The predicted molar refractivity (Wildman–Crippen MR) is 125 cm³/mol. The van der Waals surface area contributed by atoms with E-state index in [1.165, 1.54) is 29.2 Å². The molecule has 0 radical (unpaired) electrons. The van der Waals surface area contributed by atoms with Crippen LogP contribution in [0.1, 0.15) is 26.3 Å². The Hall–Kier alpha value is -3.14. The molecule has 0 spiro atoms. The number of benzene rings is 2. The number of sulfonamides is 1. The monoisotopic (exact) mass is 479 g/mol. The molecule has 10 heteroatoms. The molecule has 1 unspecified atom stereocenters. The number of carbonyl (C=O) groups excluding carboxylic acids is 2. The molecular formula is C23H30FN3O5S. The molecule has 180 valence electrons. The van der Waals surface area contributed by atoms with Crippen molar-refractivity contribution in [2.75, 3.05) is 30.3 Å². The second-order valence-corrected chi connectivity index (χ2v) is 9.32. The summed E-state index contributed by atoms with van der Waals surface area (Å²) in [7, 11) is -3.81. The third kappa shape index (κ3) is 7.45. The Kier molecular flexibility index (Phi) is 9.22. The minimum Gasteiger partial charge on any atom is -0.494 e. The number of likely N-dealkylation sites (N-methyl/N-ethyl adjacent to an activating group) is 1. The van der Waals surface area contributed by atoms with Crippen LogP contribution in [0.4, 0.5) is 10.1 Å². The Labute approximate surface area is 194 Å². The number of nitrogens with one attached hydrogen (secondary N) is 1. The van der Waals surface area contributed by atoms with E-state index in [0.717, 1.165) is 10.6 Å². The number of carbonyl (C=O) groups is 2. The van der Waals surface area contributed by atoms with Crippen molar-refractivity contribution in [3.8, 4) is 5.75 Å². The molecule has 2 aromatic carbocycles. The van der Waals surface area contributed by atoms with Gasteiger partial charge >= 0.3 is 0 Å². The molecule has 0 aliphatic rings. The molecule has 0 heterocycles. The van der Waals surface area contributed by atoms with E-state index in [2.05, 4.69) is 5.32 Å². The molecule has 2 aromatic rings. The molecule has 0 saturated heterocycles. The van der Waals surface area contributed by atoms with Crippen molar-refractivity contribution in [3.05, 3.63) is 59.9 Å². The summed E-state index contributed by atoms with van der Waals surface area (Å²) in [4.78, 5) is 27.1. The van der Waals surface area contributed by atoms with Crippen LogP contribution >= 0.6 is 0 Å². The van der Waals surface area contributed by atoms with Gasteiger partial charge in [-0.3, -0.25) is 13.9 Å². The van der Waals surface area contributed by atoms with Crippen LogP contribution in [0.3, 0.4) is 0 Å². The number of halogens is 1. The van der Waals surface area contributed by atoms with Crippen molar-refractivity contribution in [3.63, 3.8) is 0 Å². The summed E-state index contributed by atoms with van der Waals surface area (Å²) < 4.78 is 44.7. The lowest BCUT2D eigenvalue weighted by Crippen LogP contribution is -2.51. The van der Waals surface area contributed by atoms with Gasteiger partial charge in [-0.05, 0) is 62.7 Å². The van der Waals surface area contributed by atoms with Crippen LogP contribution in [0.2, 0.25) is 0 Å². The average Bonchev–Trinajstić information content (AvgIpc) is 2.76. The van der Waals surface area contributed by atoms with E-state index >= 15 is 0 Å². The summed E-state index contributed by atoms with van der Waals surface area (Å²) in [5.74, 6) is -0.798. The second kappa shape index (κ2) is 11.6. The molecule has 0 aliphatic carbocycles. The smallest absolute Gasteiger partial charge is 0.244 e. The highest BCUT2D eigenvalue weighted by molar-refractivity contribution is 7.92. The maximum atomic E-state index is 13.3. The first-order valence-corrected chi connectivity index (χ1v) is 12.4. The summed E-state index contributed by atoms with van der Waals surface area (Å²) in [5, 5.41) is 2.67. The maximum Gasteiger partial charge on any atom is 0.244 e. The van der Waals surface area contributed by atoms with Crippen LogP contribution in [0.15, 0.2) is 48.5 Å². The SMILES string of the molecule is CCNC(=O)C(C)N(Cc1ccc(F)cc1)C(=O)CN(c1ccc(OCC)cc1)S(C)(=O)=O. The van der Waals surface area contributed by atoms with Crippen molar-refractivity contribution < 1.29 is 27.1 Å². The third-order valence-electron chi connectivity index (χ3n) is 4.90. The van der Waals surface area contributed by atoms with E-state index in [0.29, 0.717) is 30.2 Å². The first-order valence-electron chi connectivity index (χ1n) is 10.6. The quantitative estimate of drug-likeness (QED) is 0.534. The van der Waals surface area contributed by atoms with E-state index in [4.69, 9.17) is 4.74 Å². The van der Waals surface area contributed by atoms with Crippen molar-refractivity contribution in [1.29, 1.82) is 0 Å². The molecule has 0 saturated carbocycles. The van der Waals surface area contributed by atoms with E-state index < -0.39 is 34.3 Å². The summed E-state index contributed by atoms with van der Waals surface area (Å²) in [6.45, 7) is 5.51. The molecule has 2 rings (SSSR count). The normalized spacial score (nSPS) is 12.0. The summed E-state index contributed by atoms with van der Waals surface area (Å²) >= 11 is 0. The number of anilines is 1. The molecular weight excluding hydrogens is 449 g/mol. The highest BCUT2D eigenvalue weighted by atomic mass is 32.2. The van der Waals surface area contributed by atoms with E-state index in [-0.39, 0.29) is 12.5 Å². The van der Waals surface area contributed by atoms with Crippen LogP contribution in [-0.2, 0) is 26.2 Å². The van der Waals surface area contributed by atoms with Crippen molar-refractivity contribution in [2.45, 2.75) is 33.4 Å². The maximum absolute atomic E-state index is 13.3. The summed E-state index contributed by atoms with van der Waals surface area (Å²) in [6, 6.07) is 11.0. The lowest BCUT2D eigenvalue weighted by molar-refractivity contribution is -0.139. The zero-order valence-electron chi connectivity index (χ0n) is 19.2. The van der Waals surface area contributed by atoms with Crippen molar-refractivity contribution in [1.82, 2.24) is 10.2 Å². The first-order chi connectivity index (χ1) is 15.6. The second-order valence-electron chi connectivity index (χ2n) is 7.42. The van der Waals surface area contributed by atoms with Gasteiger partial charge in [0.25, 0.3) is 0 Å². The van der Waals surface area contributed by atoms with Crippen LogP contribution in [-0.4, -0.2) is 57.1 Å². The molecule has 0 bridgehead atoms. The van der Waals surface area contributed by atoms with Gasteiger partial charge in [0, 0.05) is 13.1 Å². The van der Waals surface area contributed by atoms with Crippen LogP contribution in [0.25, 0.3) is 0 Å². The van der Waals surface area contributed by atoms with Gasteiger partial charge < -0.3 is 15.0 Å². The van der Waals surface area contributed by atoms with Crippen molar-refractivity contribution >= 4 is 27.5 Å². The topological polar surface area (TPSA) is 96.0 Å². The highest BCUT2D eigenvalue weighted by Gasteiger charge is 2.29. The molecule has 1 atom stereocenters. The van der Waals surface area contributed by atoms with E-state index in [9.17, 15) is 22.4 Å². The number of rotatable bonds is 11. The predicted octanol–water partition coefficient (Wildman–Crippen LogP) is 2.54. The minimum atomic E-state index is -3.81. The van der Waals surface area contributed by atoms with Gasteiger partial charge in [-0.25, -0.2) is 12.8 Å². The highest BCUT2D eigenvalue weighted by Crippen LogP contribution is 2.22. The first kappa shape index (κ1) is 26.1. The Morgan fingerprint density at radius 2 is 1.67 bits per heavy atom. The fraction of sp³-hybridized carbons (Fsp3) is 0.391. The van der Waals surface area contributed by atoms with E-state index in [1.807, 2.05) is 6.92 Å². The van der Waals surface area contributed by atoms with Gasteiger partial charge in [0.15, 0.2) is 0 Å². The van der Waals surface area contributed by atoms with Gasteiger partial charge in [-0.15, -0.1) is 0 Å². The van der Waals surface area contributed by atoms with Crippen LogP contribution < -0.4 is 14.4 Å². The lowest BCUT2D eigenvalue weighted by Gasteiger charge is -2.31. The fourth-order valence-corrected chi connectivity index (χ4v) is 4.03. The van der Waals surface area contributed by atoms with Crippen LogP contribution in [0, 0.1) is 5.82 Å². The molecule has 0 fully saturated rings. The molecule has 33 heavy (non-hydrogen) atoms. The Balaban J connectivity index is 2.34. The van der Waals surface area contributed by atoms with Gasteiger partial charge in [0.2, 0.25) is 21.8 Å². The third-order valence-corrected chi connectivity index (χ3v) is 6.04. The molecule has 8 nitrogen and oxygen atoms in total. The zero-order chi connectivity index (χ0) is 24.6. The summed E-state index contributed by atoms with van der Waals surface area (Å²) in [6.07, 6.45) is 1.01. The Morgan fingerprint density at radius 3 is 2.18 bits per heavy atom. The molecule has 2 amide bonds.